The molecule has 24 heavy (non-hydrogen) atoms. The van der Waals surface area contributed by atoms with E-state index in [0.29, 0.717) is 16.5 Å². The molecule has 0 fully saturated rings. The van der Waals surface area contributed by atoms with Crippen LogP contribution >= 0.6 is 11.6 Å². The Morgan fingerprint density at radius 2 is 1.96 bits per heavy atom. The van der Waals surface area contributed by atoms with E-state index in [1.807, 2.05) is 0 Å². The maximum Gasteiger partial charge on any atom is 0.344 e. The van der Waals surface area contributed by atoms with Gasteiger partial charge in [-0.1, -0.05) is 11.6 Å². The molecule has 0 aliphatic rings. The highest BCUT2D eigenvalue weighted by atomic mass is 35.5. The van der Waals surface area contributed by atoms with Gasteiger partial charge in [0.2, 0.25) is 0 Å². The Hall–Kier alpha value is -2.53. The molecule has 0 heterocycles. The van der Waals surface area contributed by atoms with Crippen molar-refractivity contribution in [2.45, 2.75) is 20.0 Å². The SMILES string of the molecule is CC(C)OC(=O)COc1ccc(C=Nc2ccc(Cl)cc2O)cc1. The number of phenolic OH excluding ortho intramolecular Hbond substituents is 1. The molecule has 0 saturated heterocycles. The summed E-state index contributed by atoms with van der Waals surface area (Å²) in [6.07, 6.45) is 1.45. The maximum absolute atomic E-state index is 11.4. The highest BCUT2D eigenvalue weighted by Crippen LogP contribution is 2.29. The minimum absolute atomic E-state index is 0.0161. The fourth-order valence-corrected chi connectivity index (χ4v) is 2.01. The summed E-state index contributed by atoms with van der Waals surface area (Å²) in [6, 6.07) is 11.8. The summed E-state index contributed by atoms with van der Waals surface area (Å²) in [5, 5.41) is 10.2. The van der Waals surface area contributed by atoms with Crippen LogP contribution < -0.4 is 4.74 Å². The number of phenols is 1. The van der Waals surface area contributed by atoms with E-state index >= 15 is 0 Å². The highest BCUT2D eigenvalue weighted by molar-refractivity contribution is 6.30. The van der Waals surface area contributed by atoms with Gasteiger partial charge in [0.05, 0.1) is 6.10 Å². The zero-order valence-corrected chi connectivity index (χ0v) is 14.2. The molecule has 0 aromatic heterocycles. The van der Waals surface area contributed by atoms with Gasteiger partial charge in [0.15, 0.2) is 6.61 Å². The number of carbonyl (C=O) groups excluding carboxylic acids is 1. The van der Waals surface area contributed by atoms with E-state index in [2.05, 4.69) is 4.99 Å². The molecule has 0 amide bonds. The fraction of sp³-hybridized carbons (Fsp3) is 0.222. The molecule has 126 valence electrons. The molecule has 0 saturated carbocycles. The van der Waals surface area contributed by atoms with Crippen LogP contribution in [0.2, 0.25) is 5.02 Å². The number of ether oxygens (including phenoxy) is 2. The lowest BCUT2D eigenvalue weighted by Gasteiger charge is -2.09. The third-order valence-corrected chi connectivity index (χ3v) is 3.13. The van der Waals surface area contributed by atoms with Crippen LogP contribution in [0.5, 0.6) is 11.5 Å². The standard InChI is InChI=1S/C18H18ClNO4/c1-12(2)24-18(22)11-23-15-6-3-13(4-7-15)10-20-16-8-5-14(19)9-17(16)21/h3-10,12,21H,11H2,1-2H3. The van der Waals surface area contributed by atoms with Crippen molar-refractivity contribution < 1.29 is 19.4 Å². The number of hydrogen-bond donors (Lipinski definition) is 1. The molecule has 6 heteroatoms. The zero-order chi connectivity index (χ0) is 17.5. The Morgan fingerprint density at radius 3 is 2.58 bits per heavy atom. The lowest BCUT2D eigenvalue weighted by molar-refractivity contribution is -0.149. The summed E-state index contributed by atoms with van der Waals surface area (Å²) < 4.78 is 10.3. The van der Waals surface area contributed by atoms with Crippen molar-refractivity contribution in [3.8, 4) is 11.5 Å². The molecular formula is C18H18ClNO4. The van der Waals surface area contributed by atoms with Crippen LogP contribution in [-0.4, -0.2) is 30.0 Å². The summed E-state index contributed by atoms with van der Waals surface area (Å²) in [5.41, 5.74) is 1.25. The number of aliphatic imine (C=N–C) groups is 1. The topological polar surface area (TPSA) is 68.1 Å². The van der Waals surface area contributed by atoms with Crippen molar-refractivity contribution >= 4 is 29.5 Å². The van der Waals surface area contributed by atoms with Gasteiger partial charge >= 0.3 is 5.97 Å². The predicted molar refractivity (Wildman–Crippen MR) is 93.5 cm³/mol. The van der Waals surface area contributed by atoms with Crippen molar-refractivity contribution in [1.82, 2.24) is 0 Å². The molecule has 5 nitrogen and oxygen atoms in total. The predicted octanol–water partition coefficient (Wildman–Crippen LogP) is 4.13. The minimum atomic E-state index is -0.408. The number of rotatable bonds is 6. The number of nitrogens with zero attached hydrogens (tertiary/aromatic N) is 1. The van der Waals surface area contributed by atoms with Crippen LogP contribution in [0.4, 0.5) is 5.69 Å². The van der Waals surface area contributed by atoms with Gasteiger partial charge in [0.25, 0.3) is 0 Å². The molecule has 2 aromatic rings. The van der Waals surface area contributed by atoms with Gasteiger partial charge in [-0.25, -0.2) is 4.79 Å². The van der Waals surface area contributed by atoms with Gasteiger partial charge in [0.1, 0.15) is 17.2 Å². The van der Waals surface area contributed by atoms with Crippen LogP contribution in [0.1, 0.15) is 19.4 Å². The first-order chi connectivity index (χ1) is 11.4. The Morgan fingerprint density at radius 1 is 1.25 bits per heavy atom. The maximum atomic E-state index is 11.4. The molecule has 2 rings (SSSR count). The van der Waals surface area contributed by atoms with Crippen molar-refractivity contribution in [2.24, 2.45) is 4.99 Å². The molecule has 0 radical (unpaired) electrons. The van der Waals surface area contributed by atoms with Crippen molar-refractivity contribution in [3.63, 3.8) is 0 Å². The van der Waals surface area contributed by atoms with Gasteiger partial charge in [-0.2, -0.15) is 0 Å². The van der Waals surface area contributed by atoms with Crippen LogP contribution in [0.25, 0.3) is 0 Å². The van der Waals surface area contributed by atoms with Gasteiger partial charge in [-0.05, 0) is 55.8 Å². The zero-order valence-electron chi connectivity index (χ0n) is 13.4. The minimum Gasteiger partial charge on any atom is -0.506 e. The quantitative estimate of drug-likeness (QED) is 0.630. The number of hydrogen-bond acceptors (Lipinski definition) is 5. The summed E-state index contributed by atoms with van der Waals surface area (Å²) in [7, 11) is 0. The number of benzene rings is 2. The molecule has 0 aliphatic heterocycles. The van der Waals surface area contributed by atoms with Gasteiger partial charge in [-0.3, -0.25) is 4.99 Å². The second kappa shape index (κ2) is 8.36. The van der Waals surface area contributed by atoms with Crippen LogP contribution in [0.3, 0.4) is 0 Å². The first-order valence-electron chi connectivity index (χ1n) is 7.39. The molecule has 1 N–H and O–H groups in total. The number of esters is 1. The normalized spacial score (nSPS) is 11.0. The van der Waals surface area contributed by atoms with E-state index in [1.54, 1.807) is 56.5 Å². The largest absolute Gasteiger partial charge is 0.506 e. The Balaban J connectivity index is 1.94. The molecule has 0 bridgehead atoms. The first-order valence-corrected chi connectivity index (χ1v) is 7.77. The van der Waals surface area contributed by atoms with E-state index in [0.717, 1.165) is 5.56 Å². The molecule has 0 spiro atoms. The Bertz CT molecular complexity index is 726. The number of carbonyl (C=O) groups is 1. The summed E-state index contributed by atoms with van der Waals surface area (Å²) in [4.78, 5) is 15.6. The monoisotopic (exact) mass is 347 g/mol. The van der Waals surface area contributed by atoms with E-state index in [-0.39, 0.29) is 18.5 Å². The summed E-state index contributed by atoms with van der Waals surface area (Å²) in [6.45, 7) is 3.43. The molecule has 0 unspecified atom stereocenters. The van der Waals surface area contributed by atoms with Crippen LogP contribution in [-0.2, 0) is 9.53 Å². The van der Waals surface area contributed by atoms with Crippen LogP contribution in [0, 0.1) is 0 Å². The lowest BCUT2D eigenvalue weighted by atomic mass is 10.2. The third kappa shape index (κ3) is 5.59. The second-order valence-corrected chi connectivity index (χ2v) is 5.72. The average molecular weight is 348 g/mol. The van der Waals surface area contributed by atoms with Gasteiger partial charge in [-0.15, -0.1) is 0 Å². The van der Waals surface area contributed by atoms with E-state index in [4.69, 9.17) is 21.1 Å². The number of aromatic hydroxyl groups is 1. The summed E-state index contributed by atoms with van der Waals surface area (Å²) in [5.74, 6) is 0.165. The average Bonchev–Trinajstić information content (AvgIpc) is 2.52. The highest BCUT2D eigenvalue weighted by Gasteiger charge is 2.06. The second-order valence-electron chi connectivity index (χ2n) is 5.29. The molecule has 2 aromatic carbocycles. The number of halogens is 1. The Kier molecular flexibility index (Phi) is 6.21. The van der Waals surface area contributed by atoms with E-state index in [1.165, 1.54) is 6.07 Å². The Labute approximate surface area is 145 Å². The van der Waals surface area contributed by atoms with Gasteiger partial charge in [0, 0.05) is 17.3 Å². The first kappa shape index (κ1) is 17.8. The van der Waals surface area contributed by atoms with Crippen LogP contribution in [0.15, 0.2) is 47.5 Å². The van der Waals surface area contributed by atoms with Crippen molar-refractivity contribution in [3.05, 3.63) is 53.1 Å². The molecule has 0 atom stereocenters. The van der Waals surface area contributed by atoms with E-state index in [9.17, 15) is 9.90 Å². The van der Waals surface area contributed by atoms with Crippen molar-refractivity contribution in [2.75, 3.05) is 6.61 Å². The van der Waals surface area contributed by atoms with E-state index < -0.39 is 5.97 Å². The smallest absolute Gasteiger partial charge is 0.344 e. The van der Waals surface area contributed by atoms with Crippen molar-refractivity contribution in [1.29, 1.82) is 0 Å². The lowest BCUT2D eigenvalue weighted by Crippen LogP contribution is -2.18. The summed E-state index contributed by atoms with van der Waals surface area (Å²) >= 11 is 5.77. The van der Waals surface area contributed by atoms with Gasteiger partial charge < -0.3 is 14.6 Å². The third-order valence-electron chi connectivity index (χ3n) is 2.89. The molecule has 0 aliphatic carbocycles. The molecular weight excluding hydrogens is 330 g/mol. The fourth-order valence-electron chi connectivity index (χ4n) is 1.84.